The Labute approximate surface area is 117 Å². The van der Waals surface area contributed by atoms with Crippen molar-refractivity contribution in [1.82, 2.24) is 10.9 Å². The fourth-order valence-electron chi connectivity index (χ4n) is 2.09. The van der Waals surface area contributed by atoms with Crippen molar-refractivity contribution in [3.63, 3.8) is 0 Å². The Kier molecular flexibility index (Phi) is 4.58. The second-order valence-corrected chi connectivity index (χ2v) is 6.16. The van der Waals surface area contributed by atoms with Crippen LogP contribution in [0.15, 0.2) is 6.07 Å². The molecule has 2 rings (SSSR count). The lowest BCUT2D eigenvalue weighted by molar-refractivity contribution is -0.125. The van der Waals surface area contributed by atoms with Gasteiger partial charge in [-0.2, -0.15) is 0 Å². The number of nitrogens with one attached hydrogen (secondary N) is 2. The molecule has 1 aliphatic rings. The molecule has 0 spiro atoms. The van der Waals surface area contributed by atoms with Crippen LogP contribution < -0.4 is 10.9 Å². The monoisotopic (exact) mass is 280 g/mol. The van der Waals surface area contributed by atoms with Gasteiger partial charge in [-0.05, 0) is 43.7 Å². The third-order valence-electron chi connectivity index (χ3n) is 3.58. The molecule has 0 unspecified atom stereocenters. The highest BCUT2D eigenvalue weighted by Crippen LogP contribution is 2.29. The van der Waals surface area contributed by atoms with E-state index < -0.39 is 0 Å². The van der Waals surface area contributed by atoms with Crippen molar-refractivity contribution >= 4 is 23.2 Å². The van der Waals surface area contributed by atoms with Crippen LogP contribution in [-0.4, -0.2) is 11.8 Å². The number of hydrogen-bond acceptors (Lipinski definition) is 3. The molecule has 4 nitrogen and oxygen atoms in total. The van der Waals surface area contributed by atoms with E-state index in [2.05, 4.69) is 10.9 Å². The van der Waals surface area contributed by atoms with Crippen molar-refractivity contribution in [3.05, 3.63) is 21.4 Å². The average molecular weight is 280 g/mol. The molecule has 0 saturated carbocycles. The van der Waals surface area contributed by atoms with Gasteiger partial charge in [0.25, 0.3) is 5.91 Å². The van der Waals surface area contributed by atoms with Crippen LogP contribution in [-0.2, 0) is 17.6 Å². The number of thiophene rings is 1. The van der Waals surface area contributed by atoms with E-state index >= 15 is 0 Å². The van der Waals surface area contributed by atoms with Crippen molar-refractivity contribution in [3.8, 4) is 0 Å². The molecule has 0 saturated heterocycles. The van der Waals surface area contributed by atoms with E-state index in [4.69, 9.17) is 0 Å². The number of carbonyl (C=O) groups excluding carboxylic acids is 2. The zero-order chi connectivity index (χ0) is 13.8. The van der Waals surface area contributed by atoms with E-state index in [-0.39, 0.29) is 17.7 Å². The minimum Gasteiger partial charge on any atom is -0.273 e. The van der Waals surface area contributed by atoms with Gasteiger partial charge in [0.05, 0.1) is 4.88 Å². The molecule has 1 aliphatic carbocycles. The molecule has 1 aromatic heterocycles. The van der Waals surface area contributed by atoms with Crippen molar-refractivity contribution in [1.29, 1.82) is 0 Å². The largest absolute Gasteiger partial charge is 0.279 e. The smallest absolute Gasteiger partial charge is 0.273 e. The molecule has 2 N–H and O–H groups in total. The highest BCUT2D eigenvalue weighted by Gasteiger charge is 2.18. The minimum absolute atomic E-state index is 0.0863. The minimum atomic E-state index is -0.212. The zero-order valence-electron chi connectivity index (χ0n) is 11.4. The summed E-state index contributed by atoms with van der Waals surface area (Å²) in [7, 11) is 0. The molecule has 1 aromatic rings. The Bertz CT molecular complexity index is 458. The van der Waals surface area contributed by atoms with Crippen LogP contribution in [0.4, 0.5) is 0 Å². The summed E-state index contributed by atoms with van der Waals surface area (Å²) in [5.74, 6) is -0.440. The van der Waals surface area contributed by atoms with Gasteiger partial charge in [-0.15, -0.1) is 11.3 Å². The van der Waals surface area contributed by atoms with Gasteiger partial charge in [0.15, 0.2) is 0 Å². The summed E-state index contributed by atoms with van der Waals surface area (Å²) in [5.41, 5.74) is 6.28. The molecule has 0 fully saturated rings. The van der Waals surface area contributed by atoms with Crippen LogP contribution in [0.25, 0.3) is 0 Å². The molecule has 0 aromatic carbocycles. The number of carbonyl (C=O) groups is 2. The molecule has 0 bridgehead atoms. The molecule has 104 valence electrons. The number of fused-ring (bicyclic) bond motifs is 1. The predicted octanol–water partition coefficient (Wildman–Crippen LogP) is 2.43. The quantitative estimate of drug-likeness (QED) is 0.835. The van der Waals surface area contributed by atoms with Crippen LogP contribution in [0.5, 0.6) is 0 Å². The molecular formula is C14H20N2O2S. The lowest BCUT2D eigenvalue weighted by Crippen LogP contribution is -2.43. The van der Waals surface area contributed by atoms with Crippen LogP contribution in [0.2, 0.25) is 0 Å². The molecule has 0 aliphatic heterocycles. The number of hydrazine groups is 1. The second kappa shape index (κ2) is 6.19. The Morgan fingerprint density at radius 3 is 2.74 bits per heavy atom. The van der Waals surface area contributed by atoms with Gasteiger partial charge in [-0.25, -0.2) is 0 Å². The first-order valence-electron chi connectivity index (χ1n) is 6.83. The van der Waals surface area contributed by atoms with Gasteiger partial charge in [0.2, 0.25) is 5.91 Å². The van der Waals surface area contributed by atoms with Gasteiger partial charge in [-0.1, -0.05) is 13.8 Å². The van der Waals surface area contributed by atoms with Gasteiger partial charge in [0, 0.05) is 10.8 Å². The van der Waals surface area contributed by atoms with E-state index in [1.165, 1.54) is 23.3 Å². The molecular weight excluding hydrogens is 260 g/mol. The van der Waals surface area contributed by atoms with Gasteiger partial charge < -0.3 is 0 Å². The van der Waals surface area contributed by atoms with Gasteiger partial charge in [-0.3, -0.25) is 20.4 Å². The van der Waals surface area contributed by atoms with Crippen molar-refractivity contribution < 1.29 is 9.59 Å². The number of aryl methyl sites for hydroxylation is 2. The van der Waals surface area contributed by atoms with Crippen LogP contribution in [0, 0.1) is 5.92 Å². The first kappa shape index (κ1) is 14.1. The highest BCUT2D eigenvalue weighted by atomic mass is 32.1. The van der Waals surface area contributed by atoms with Crippen molar-refractivity contribution in [2.45, 2.75) is 46.0 Å². The summed E-state index contributed by atoms with van der Waals surface area (Å²) in [5, 5.41) is 0. The maximum atomic E-state index is 12.0. The molecule has 1 heterocycles. The number of amides is 2. The molecule has 0 radical (unpaired) electrons. The Balaban J connectivity index is 1.93. The van der Waals surface area contributed by atoms with Crippen LogP contribution in [0.3, 0.4) is 0 Å². The molecule has 5 heteroatoms. The lowest BCUT2D eigenvalue weighted by atomic mass is 9.99. The third-order valence-corrected chi connectivity index (χ3v) is 4.82. The summed E-state index contributed by atoms with van der Waals surface area (Å²) < 4.78 is 0. The normalized spacial score (nSPS) is 15.5. The Hall–Kier alpha value is -1.36. The fourth-order valence-corrected chi connectivity index (χ4v) is 3.24. The van der Waals surface area contributed by atoms with Gasteiger partial charge >= 0.3 is 0 Å². The maximum Gasteiger partial charge on any atom is 0.279 e. The highest BCUT2D eigenvalue weighted by molar-refractivity contribution is 7.14. The summed E-state index contributed by atoms with van der Waals surface area (Å²) in [6, 6.07) is 1.96. The first-order valence-corrected chi connectivity index (χ1v) is 7.65. The van der Waals surface area contributed by atoms with Crippen LogP contribution in [0.1, 0.15) is 53.2 Å². The number of rotatable bonds is 3. The maximum absolute atomic E-state index is 12.0. The topological polar surface area (TPSA) is 58.2 Å². The Morgan fingerprint density at radius 2 is 2.05 bits per heavy atom. The zero-order valence-corrected chi connectivity index (χ0v) is 12.2. The van der Waals surface area contributed by atoms with E-state index in [9.17, 15) is 9.59 Å². The predicted molar refractivity (Wildman–Crippen MR) is 76.0 cm³/mol. The molecule has 19 heavy (non-hydrogen) atoms. The van der Waals surface area contributed by atoms with E-state index in [1.54, 1.807) is 11.3 Å². The summed E-state index contributed by atoms with van der Waals surface area (Å²) in [4.78, 5) is 25.6. The Morgan fingerprint density at radius 1 is 1.32 bits per heavy atom. The molecule has 2 amide bonds. The van der Waals surface area contributed by atoms with E-state index in [1.807, 2.05) is 19.9 Å². The van der Waals surface area contributed by atoms with Crippen molar-refractivity contribution in [2.75, 3.05) is 0 Å². The van der Waals surface area contributed by atoms with Crippen molar-refractivity contribution in [2.24, 2.45) is 5.92 Å². The van der Waals surface area contributed by atoms with Crippen LogP contribution >= 0.6 is 11.3 Å². The second-order valence-electron chi connectivity index (χ2n) is 5.02. The van der Waals surface area contributed by atoms with Gasteiger partial charge in [0.1, 0.15) is 0 Å². The SMILES string of the molecule is CC[C@H](C)C(=O)NNC(=O)c1cc2c(s1)CCCC2. The standard InChI is InChI=1S/C14H20N2O2S/c1-3-9(2)13(17)15-16-14(18)12-8-10-6-4-5-7-11(10)19-12/h8-9H,3-7H2,1-2H3,(H,15,17)(H,16,18)/t9-/m0/s1. The fraction of sp³-hybridized carbons (Fsp3) is 0.571. The lowest BCUT2D eigenvalue weighted by Gasteiger charge is -2.10. The van der Waals surface area contributed by atoms with E-state index in [0.717, 1.165) is 19.3 Å². The average Bonchev–Trinajstić information content (AvgIpc) is 2.87. The summed E-state index contributed by atoms with van der Waals surface area (Å²) in [6.07, 6.45) is 5.31. The summed E-state index contributed by atoms with van der Waals surface area (Å²) in [6.45, 7) is 3.78. The summed E-state index contributed by atoms with van der Waals surface area (Å²) >= 11 is 1.55. The first-order chi connectivity index (χ1) is 9.11. The molecule has 1 atom stereocenters. The third kappa shape index (κ3) is 3.35. The van der Waals surface area contributed by atoms with E-state index in [0.29, 0.717) is 4.88 Å². The number of hydrogen-bond donors (Lipinski definition) is 2.